The molecule has 15 heavy (non-hydrogen) atoms. The second kappa shape index (κ2) is 3.90. The minimum atomic E-state index is 0.606. The van der Waals surface area contributed by atoms with Gasteiger partial charge in [0, 0.05) is 14.1 Å². The molecule has 0 atom stereocenters. The molecule has 2 N–H and O–H groups in total. The number of hydrogen-bond acceptors (Lipinski definition) is 4. The highest BCUT2D eigenvalue weighted by Crippen LogP contribution is 2.37. The largest absolute Gasteiger partial charge is 0.382 e. The van der Waals surface area contributed by atoms with Gasteiger partial charge in [-0.15, -0.1) is 0 Å². The number of rotatable bonds is 2. The lowest BCUT2D eigenvalue weighted by Gasteiger charge is -2.11. The zero-order valence-corrected chi connectivity index (χ0v) is 9.58. The first kappa shape index (κ1) is 9.98. The average molecular weight is 219 g/mol. The second-order valence-electron chi connectivity index (χ2n) is 3.51. The summed E-state index contributed by atoms with van der Waals surface area (Å²) in [6.07, 6.45) is 0. The summed E-state index contributed by atoms with van der Waals surface area (Å²) in [5.74, 6) is 0.606. The van der Waals surface area contributed by atoms with Gasteiger partial charge in [0.15, 0.2) is 0 Å². The lowest BCUT2D eigenvalue weighted by molar-refractivity contribution is 1.16. The van der Waals surface area contributed by atoms with Crippen molar-refractivity contribution in [3.8, 4) is 11.1 Å². The number of anilines is 2. The minimum Gasteiger partial charge on any atom is -0.382 e. The summed E-state index contributed by atoms with van der Waals surface area (Å²) >= 11 is 1.43. The SMILES string of the molecule is CN(C)c1snc(N)c1-c1ccccc1. The van der Waals surface area contributed by atoms with Crippen LogP contribution in [0.2, 0.25) is 0 Å². The molecular weight excluding hydrogens is 206 g/mol. The van der Waals surface area contributed by atoms with Gasteiger partial charge < -0.3 is 10.6 Å². The van der Waals surface area contributed by atoms with Crippen LogP contribution in [0, 0.1) is 0 Å². The number of nitrogens with two attached hydrogens (primary N) is 1. The van der Waals surface area contributed by atoms with Crippen molar-refractivity contribution in [3.05, 3.63) is 30.3 Å². The van der Waals surface area contributed by atoms with Crippen LogP contribution in [0.3, 0.4) is 0 Å². The first-order valence-electron chi connectivity index (χ1n) is 4.68. The number of aromatic nitrogens is 1. The average Bonchev–Trinajstić information content (AvgIpc) is 2.61. The monoisotopic (exact) mass is 219 g/mol. The number of nitrogens with zero attached hydrogens (tertiary/aromatic N) is 2. The molecule has 1 heterocycles. The molecule has 2 rings (SSSR count). The van der Waals surface area contributed by atoms with Crippen LogP contribution in [0.5, 0.6) is 0 Å². The fourth-order valence-corrected chi connectivity index (χ4v) is 2.23. The molecular formula is C11H13N3S. The Morgan fingerprint density at radius 1 is 1.20 bits per heavy atom. The van der Waals surface area contributed by atoms with Crippen molar-refractivity contribution < 1.29 is 0 Å². The van der Waals surface area contributed by atoms with E-state index in [9.17, 15) is 0 Å². The Morgan fingerprint density at radius 2 is 1.87 bits per heavy atom. The van der Waals surface area contributed by atoms with Crippen LogP contribution in [-0.2, 0) is 0 Å². The molecule has 0 unspecified atom stereocenters. The van der Waals surface area contributed by atoms with Gasteiger partial charge in [-0.3, -0.25) is 0 Å². The summed E-state index contributed by atoms with van der Waals surface area (Å²) < 4.78 is 4.19. The van der Waals surface area contributed by atoms with E-state index in [4.69, 9.17) is 5.73 Å². The van der Waals surface area contributed by atoms with Gasteiger partial charge in [-0.2, -0.15) is 4.37 Å². The van der Waals surface area contributed by atoms with E-state index in [0.29, 0.717) is 5.82 Å². The quantitative estimate of drug-likeness (QED) is 0.843. The fourth-order valence-electron chi connectivity index (χ4n) is 1.47. The third-order valence-corrected chi connectivity index (χ3v) is 3.20. The molecule has 1 aromatic heterocycles. The van der Waals surface area contributed by atoms with Crippen LogP contribution in [0.1, 0.15) is 0 Å². The van der Waals surface area contributed by atoms with Gasteiger partial charge in [-0.25, -0.2) is 0 Å². The number of benzene rings is 1. The van der Waals surface area contributed by atoms with Crippen LogP contribution in [0.4, 0.5) is 10.8 Å². The van der Waals surface area contributed by atoms with E-state index in [1.54, 1.807) is 0 Å². The third-order valence-electron chi connectivity index (χ3n) is 2.17. The van der Waals surface area contributed by atoms with Crippen molar-refractivity contribution in [3.63, 3.8) is 0 Å². The van der Waals surface area contributed by atoms with E-state index >= 15 is 0 Å². The normalized spacial score (nSPS) is 10.3. The fraction of sp³-hybridized carbons (Fsp3) is 0.182. The zero-order valence-electron chi connectivity index (χ0n) is 8.77. The zero-order chi connectivity index (χ0) is 10.8. The lowest BCUT2D eigenvalue weighted by Crippen LogP contribution is -2.07. The first-order chi connectivity index (χ1) is 7.20. The van der Waals surface area contributed by atoms with Crippen molar-refractivity contribution >= 4 is 22.4 Å². The van der Waals surface area contributed by atoms with Crippen molar-refractivity contribution in [2.24, 2.45) is 0 Å². The molecule has 0 aliphatic rings. The van der Waals surface area contributed by atoms with Gasteiger partial charge in [0.05, 0.1) is 5.56 Å². The van der Waals surface area contributed by atoms with Crippen LogP contribution >= 0.6 is 11.5 Å². The first-order valence-corrected chi connectivity index (χ1v) is 5.45. The molecule has 0 fully saturated rings. The summed E-state index contributed by atoms with van der Waals surface area (Å²) in [5, 5.41) is 1.10. The molecule has 0 aliphatic carbocycles. The Balaban J connectivity index is 2.57. The summed E-state index contributed by atoms with van der Waals surface area (Å²) in [6, 6.07) is 10.1. The van der Waals surface area contributed by atoms with Gasteiger partial charge in [0.2, 0.25) is 0 Å². The van der Waals surface area contributed by atoms with Gasteiger partial charge in [0.1, 0.15) is 10.8 Å². The minimum absolute atomic E-state index is 0.606. The van der Waals surface area contributed by atoms with Crippen LogP contribution in [0.25, 0.3) is 11.1 Å². The summed E-state index contributed by atoms with van der Waals surface area (Å²) in [4.78, 5) is 2.04. The van der Waals surface area contributed by atoms with Crippen LogP contribution in [-0.4, -0.2) is 18.5 Å². The topological polar surface area (TPSA) is 42.2 Å². The highest BCUT2D eigenvalue weighted by Gasteiger charge is 2.14. The van der Waals surface area contributed by atoms with E-state index in [2.05, 4.69) is 4.37 Å². The highest BCUT2D eigenvalue weighted by atomic mass is 32.1. The maximum atomic E-state index is 5.88. The standard InChI is InChI=1S/C11H13N3S/c1-14(2)11-9(10(12)13-15-11)8-6-4-3-5-7-8/h3-7H,1-2H3,(H2,12,13). The molecule has 0 aliphatic heterocycles. The predicted octanol–water partition coefficient (Wildman–Crippen LogP) is 2.46. The van der Waals surface area contributed by atoms with Gasteiger partial charge >= 0.3 is 0 Å². The van der Waals surface area contributed by atoms with E-state index < -0.39 is 0 Å². The smallest absolute Gasteiger partial charge is 0.147 e. The lowest BCUT2D eigenvalue weighted by atomic mass is 10.1. The van der Waals surface area contributed by atoms with Crippen molar-refractivity contribution in [2.75, 3.05) is 24.7 Å². The Labute approximate surface area is 93.3 Å². The van der Waals surface area contributed by atoms with Crippen LogP contribution < -0.4 is 10.6 Å². The van der Waals surface area contributed by atoms with Gasteiger partial charge in [-0.05, 0) is 17.1 Å². The summed E-state index contributed by atoms with van der Waals surface area (Å²) in [5.41, 5.74) is 8.03. The molecule has 2 aromatic rings. The molecule has 4 heteroatoms. The maximum Gasteiger partial charge on any atom is 0.147 e. The number of hydrogen-bond donors (Lipinski definition) is 1. The van der Waals surface area contributed by atoms with E-state index in [0.717, 1.165) is 16.1 Å². The molecule has 78 valence electrons. The molecule has 1 aromatic carbocycles. The van der Waals surface area contributed by atoms with Gasteiger partial charge in [0.25, 0.3) is 0 Å². The summed E-state index contributed by atoms with van der Waals surface area (Å²) in [6.45, 7) is 0. The third kappa shape index (κ3) is 1.80. The Morgan fingerprint density at radius 3 is 2.47 bits per heavy atom. The Kier molecular flexibility index (Phi) is 2.60. The second-order valence-corrected chi connectivity index (χ2v) is 4.26. The Hall–Kier alpha value is -1.55. The molecule has 0 amide bonds. The van der Waals surface area contributed by atoms with Gasteiger partial charge in [-0.1, -0.05) is 30.3 Å². The predicted molar refractivity (Wildman–Crippen MR) is 66.3 cm³/mol. The molecule has 3 nitrogen and oxygen atoms in total. The maximum absolute atomic E-state index is 5.88. The Bertz CT molecular complexity index is 448. The molecule has 0 saturated heterocycles. The van der Waals surface area contributed by atoms with Crippen molar-refractivity contribution in [1.82, 2.24) is 4.37 Å². The molecule has 0 saturated carbocycles. The summed E-state index contributed by atoms with van der Waals surface area (Å²) in [7, 11) is 4.00. The van der Waals surface area contributed by atoms with Crippen molar-refractivity contribution in [2.45, 2.75) is 0 Å². The highest BCUT2D eigenvalue weighted by molar-refractivity contribution is 7.11. The van der Waals surface area contributed by atoms with Crippen LogP contribution in [0.15, 0.2) is 30.3 Å². The van der Waals surface area contributed by atoms with E-state index in [-0.39, 0.29) is 0 Å². The molecule has 0 spiro atoms. The molecule has 0 bridgehead atoms. The van der Waals surface area contributed by atoms with E-state index in [1.165, 1.54) is 11.5 Å². The van der Waals surface area contributed by atoms with Crippen molar-refractivity contribution in [1.29, 1.82) is 0 Å². The molecule has 0 radical (unpaired) electrons. The number of nitrogen functional groups attached to an aromatic ring is 1. The van der Waals surface area contributed by atoms with E-state index in [1.807, 2.05) is 49.3 Å².